The Balaban J connectivity index is 2.09. The molecule has 0 aliphatic rings. The summed E-state index contributed by atoms with van der Waals surface area (Å²) in [5.41, 5.74) is 3.43. The molecule has 31 heavy (non-hydrogen) atoms. The lowest BCUT2D eigenvalue weighted by molar-refractivity contribution is -0.141. The standard InChI is InChI=1S/C26H36N2O2S/c1-5-7-16-27-26(30)24(6-2)28(19-22-10-8-9-21(4)18-22)25(29)15-17-31-23-13-11-20(3)12-14-23/h8-14,18,24H,5-7,15-17,19H2,1-4H3,(H,27,30)/t24-/m0/s1. The molecule has 2 rings (SSSR count). The summed E-state index contributed by atoms with van der Waals surface area (Å²) in [4.78, 5) is 29.0. The van der Waals surface area contributed by atoms with Crippen LogP contribution in [0.4, 0.5) is 0 Å². The highest BCUT2D eigenvalue weighted by atomic mass is 32.2. The van der Waals surface area contributed by atoms with E-state index >= 15 is 0 Å². The van der Waals surface area contributed by atoms with Crippen molar-refractivity contribution in [1.82, 2.24) is 10.2 Å². The minimum Gasteiger partial charge on any atom is -0.354 e. The van der Waals surface area contributed by atoms with E-state index in [1.54, 1.807) is 16.7 Å². The van der Waals surface area contributed by atoms with Gasteiger partial charge in [0.1, 0.15) is 6.04 Å². The number of amides is 2. The topological polar surface area (TPSA) is 49.4 Å². The SMILES string of the molecule is CCCCNC(=O)[C@H](CC)N(Cc1cccc(C)c1)C(=O)CCSc1ccc(C)cc1. The van der Waals surface area contributed by atoms with Gasteiger partial charge in [0.25, 0.3) is 0 Å². The number of rotatable bonds is 12. The number of aryl methyl sites for hydroxylation is 2. The van der Waals surface area contributed by atoms with Crippen LogP contribution >= 0.6 is 11.8 Å². The van der Waals surface area contributed by atoms with Gasteiger partial charge in [-0.2, -0.15) is 0 Å². The highest BCUT2D eigenvalue weighted by Gasteiger charge is 2.28. The third-order valence-electron chi connectivity index (χ3n) is 5.26. The normalized spacial score (nSPS) is 11.7. The number of thioether (sulfide) groups is 1. The molecule has 168 valence electrons. The Hall–Kier alpha value is -2.27. The van der Waals surface area contributed by atoms with Gasteiger partial charge >= 0.3 is 0 Å². The molecule has 0 aromatic heterocycles. The maximum absolute atomic E-state index is 13.2. The highest BCUT2D eigenvalue weighted by Crippen LogP contribution is 2.21. The third kappa shape index (κ3) is 8.41. The van der Waals surface area contributed by atoms with Crippen molar-refractivity contribution < 1.29 is 9.59 Å². The molecular weight excluding hydrogens is 404 g/mol. The zero-order valence-corrected chi connectivity index (χ0v) is 20.1. The number of carbonyl (C=O) groups is 2. The second-order valence-electron chi connectivity index (χ2n) is 7.99. The first-order valence-electron chi connectivity index (χ1n) is 11.3. The van der Waals surface area contributed by atoms with Crippen LogP contribution in [-0.4, -0.2) is 35.1 Å². The van der Waals surface area contributed by atoms with Crippen LogP contribution < -0.4 is 5.32 Å². The molecule has 0 fully saturated rings. The number of hydrogen-bond acceptors (Lipinski definition) is 3. The van der Waals surface area contributed by atoms with Gasteiger partial charge in [0.15, 0.2) is 0 Å². The van der Waals surface area contributed by atoms with E-state index in [-0.39, 0.29) is 11.8 Å². The van der Waals surface area contributed by atoms with E-state index in [0.717, 1.165) is 28.9 Å². The van der Waals surface area contributed by atoms with E-state index in [2.05, 4.69) is 49.5 Å². The van der Waals surface area contributed by atoms with E-state index in [1.165, 1.54) is 5.56 Å². The Morgan fingerprint density at radius 1 is 1.03 bits per heavy atom. The molecule has 2 amide bonds. The van der Waals surface area contributed by atoms with Crippen molar-refractivity contribution in [2.75, 3.05) is 12.3 Å². The Morgan fingerprint density at radius 3 is 2.42 bits per heavy atom. The lowest BCUT2D eigenvalue weighted by Gasteiger charge is -2.31. The zero-order chi connectivity index (χ0) is 22.6. The van der Waals surface area contributed by atoms with Gasteiger partial charge in [0.2, 0.25) is 11.8 Å². The molecule has 0 spiro atoms. The van der Waals surface area contributed by atoms with Gasteiger partial charge < -0.3 is 10.2 Å². The van der Waals surface area contributed by atoms with Gasteiger partial charge in [-0.05, 0) is 44.4 Å². The van der Waals surface area contributed by atoms with Crippen LogP contribution in [0.25, 0.3) is 0 Å². The summed E-state index contributed by atoms with van der Waals surface area (Å²) in [7, 11) is 0. The summed E-state index contributed by atoms with van der Waals surface area (Å²) >= 11 is 1.68. The summed E-state index contributed by atoms with van der Waals surface area (Å²) < 4.78 is 0. The first kappa shape index (κ1) is 25.0. The van der Waals surface area contributed by atoms with Crippen molar-refractivity contribution in [2.45, 2.75) is 70.9 Å². The zero-order valence-electron chi connectivity index (χ0n) is 19.3. The molecule has 5 heteroatoms. The van der Waals surface area contributed by atoms with Crippen molar-refractivity contribution in [2.24, 2.45) is 0 Å². The van der Waals surface area contributed by atoms with Crippen LogP contribution in [0, 0.1) is 13.8 Å². The number of nitrogens with one attached hydrogen (secondary N) is 1. The Kier molecular flexibility index (Phi) is 10.6. The number of nitrogens with zero attached hydrogens (tertiary/aromatic N) is 1. The lowest BCUT2D eigenvalue weighted by atomic mass is 10.1. The molecule has 0 bridgehead atoms. The van der Waals surface area contributed by atoms with Gasteiger partial charge in [-0.25, -0.2) is 0 Å². The average Bonchev–Trinajstić information content (AvgIpc) is 2.75. The van der Waals surface area contributed by atoms with E-state index in [4.69, 9.17) is 0 Å². The Bertz CT molecular complexity index is 836. The second-order valence-corrected chi connectivity index (χ2v) is 9.16. The quantitative estimate of drug-likeness (QED) is 0.350. The molecular formula is C26H36N2O2S. The van der Waals surface area contributed by atoms with E-state index in [9.17, 15) is 9.59 Å². The van der Waals surface area contributed by atoms with Crippen molar-refractivity contribution in [1.29, 1.82) is 0 Å². The largest absolute Gasteiger partial charge is 0.354 e. The maximum atomic E-state index is 13.2. The number of benzene rings is 2. The summed E-state index contributed by atoms with van der Waals surface area (Å²) in [5.74, 6) is 0.668. The number of hydrogen-bond donors (Lipinski definition) is 1. The molecule has 4 nitrogen and oxygen atoms in total. The molecule has 1 N–H and O–H groups in total. The fourth-order valence-corrected chi connectivity index (χ4v) is 4.31. The van der Waals surface area contributed by atoms with Gasteiger partial charge in [-0.3, -0.25) is 9.59 Å². The number of carbonyl (C=O) groups excluding carboxylic acids is 2. The first-order valence-corrected chi connectivity index (χ1v) is 12.2. The van der Waals surface area contributed by atoms with E-state index in [0.29, 0.717) is 31.7 Å². The predicted octanol–water partition coefficient (Wildman–Crippen LogP) is 5.51. The predicted molar refractivity (Wildman–Crippen MR) is 130 cm³/mol. The fourth-order valence-electron chi connectivity index (χ4n) is 3.47. The molecule has 0 saturated carbocycles. The van der Waals surface area contributed by atoms with Crippen LogP contribution in [0.1, 0.15) is 56.2 Å². The van der Waals surface area contributed by atoms with Gasteiger partial charge in [0.05, 0.1) is 0 Å². The average molecular weight is 441 g/mol. The van der Waals surface area contributed by atoms with Crippen LogP contribution in [0.5, 0.6) is 0 Å². The molecule has 0 saturated heterocycles. The maximum Gasteiger partial charge on any atom is 0.242 e. The van der Waals surface area contributed by atoms with Crippen molar-refractivity contribution in [3.8, 4) is 0 Å². The Morgan fingerprint density at radius 2 is 1.77 bits per heavy atom. The number of unbranched alkanes of at least 4 members (excludes halogenated alkanes) is 1. The summed E-state index contributed by atoms with van der Waals surface area (Å²) in [5, 5.41) is 3.02. The van der Waals surface area contributed by atoms with Gasteiger partial charge in [0, 0.05) is 30.2 Å². The summed E-state index contributed by atoms with van der Waals surface area (Å²) in [6.45, 7) is 9.29. The lowest BCUT2D eigenvalue weighted by Crippen LogP contribution is -2.49. The first-order chi connectivity index (χ1) is 14.9. The fraction of sp³-hybridized carbons (Fsp3) is 0.462. The van der Waals surface area contributed by atoms with Crippen LogP contribution in [0.15, 0.2) is 53.4 Å². The molecule has 0 heterocycles. The second kappa shape index (κ2) is 13.2. The summed E-state index contributed by atoms with van der Waals surface area (Å²) in [6, 6.07) is 16.1. The van der Waals surface area contributed by atoms with Crippen LogP contribution in [0.2, 0.25) is 0 Å². The molecule has 0 aliphatic heterocycles. The molecule has 2 aromatic carbocycles. The molecule has 0 aliphatic carbocycles. The van der Waals surface area contributed by atoms with Crippen LogP contribution in [-0.2, 0) is 16.1 Å². The third-order valence-corrected chi connectivity index (χ3v) is 6.27. The van der Waals surface area contributed by atoms with Crippen molar-refractivity contribution in [3.05, 3.63) is 65.2 Å². The molecule has 1 atom stereocenters. The monoisotopic (exact) mass is 440 g/mol. The molecule has 0 unspecified atom stereocenters. The van der Waals surface area contributed by atoms with Crippen LogP contribution in [0.3, 0.4) is 0 Å². The highest BCUT2D eigenvalue weighted by molar-refractivity contribution is 7.99. The smallest absolute Gasteiger partial charge is 0.242 e. The van der Waals surface area contributed by atoms with Gasteiger partial charge in [-0.1, -0.05) is 67.8 Å². The van der Waals surface area contributed by atoms with E-state index < -0.39 is 6.04 Å². The Labute approximate surface area is 191 Å². The minimum absolute atomic E-state index is 0.0265. The minimum atomic E-state index is -0.450. The molecule has 2 aromatic rings. The van der Waals surface area contributed by atoms with Gasteiger partial charge in [-0.15, -0.1) is 11.8 Å². The van der Waals surface area contributed by atoms with Crippen molar-refractivity contribution >= 4 is 23.6 Å². The van der Waals surface area contributed by atoms with Crippen molar-refractivity contribution in [3.63, 3.8) is 0 Å². The van der Waals surface area contributed by atoms with E-state index in [1.807, 2.05) is 32.0 Å². The summed E-state index contributed by atoms with van der Waals surface area (Å²) in [6.07, 6.45) is 2.98. The molecule has 0 radical (unpaired) electrons.